The van der Waals surface area contributed by atoms with E-state index in [9.17, 15) is 9.90 Å². The smallest absolute Gasteiger partial charge is 0.356 e. The van der Waals surface area contributed by atoms with Crippen LogP contribution in [0.1, 0.15) is 27.3 Å². The summed E-state index contributed by atoms with van der Waals surface area (Å²) in [6, 6.07) is 17.1. The first-order valence-corrected chi connectivity index (χ1v) is 9.62. The second kappa shape index (κ2) is 7.12. The molecule has 1 N–H and O–H groups in total. The van der Waals surface area contributed by atoms with Crippen LogP contribution in [0.5, 0.6) is 5.75 Å². The van der Waals surface area contributed by atoms with Crippen molar-refractivity contribution in [3.05, 3.63) is 93.6 Å². The second-order valence-electron chi connectivity index (χ2n) is 7.14. The van der Waals surface area contributed by atoms with E-state index in [0.717, 1.165) is 38.5 Å². The molecule has 2 aliphatic rings. The highest BCUT2D eigenvalue weighted by molar-refractivity contribution is 6.30. The number of fused-ring (bicyclic) bond motifs is 2. The van der Waals surface area contributed by atoms with E-state index in [1.54, 1.807) is 12.1 Å². The van der Waals surface area contributed by atoms with Gasteiger partial charge in [-0.15, -0.1) is 0 Å². The summed E-state index contributed by atoms with van der Waals surface area (Å²) < 4.78 is 4.79. The number of hydrogen-bond acceptors (Lipinski definition) is 5. The van der Waals surface area contributed by atoms with Crippen molar-refractivity contribution in [2.45, 2.75) is 6.42 Å². The van der Waals surface area contributed by atoms with Gasteiger partial charge >= 0.3 is 5.97 Å². The second-order valence-corrected chi connectivity index (χ2v) is 7.14. The van der Waals surface area contributed by atoms with Crippen molar-refractivity contribution in [1.82, 2.24) is 4.98 Å². The monoisotopic (exact) mass is 394 g/mol. The zero-order chi connectivity index (χ0) is 20.7. The fourth-order valence-electron chi connectivity index (χ4n) is 3.93. The van der Waals surface area contributed by atoms with Gasteiger partial charge in [0.1, 0.15) is 11.4 Å². The molecule has 0 amide bonds. The van der Waals surface area contributed by atoms with Gasteiger partial charge in [-0.25, -0.2) is 14.8 Å². The molecule has 0 atom stereocenters. The van der Waals surface area contributed by atoms with Gasteiger partial charge < -0.3 is 9.84 Å². The molecule has 2 aromatic carbocycles. The number of carbonyl (C=O) groups is 1. The lowest BCUT2D eigenvalue weighted by Gasteiger charge is -2.09. The van der Waals surface area contributed by atoms with Crippen LogP contribution in [0.3, 0.4) is 0 Å². The lowest BCUT2D eigenvalue weighted by molar-refractivity contribution is 0.0593. The molecule has 30 heavy (non-hydrogen) atoms. The molecular formula is C25H18N2O3. The van der Waals surface area contributed by atoms with E-state index in [-0.39, 0.29) is 11.4 Å². The lowest BCUT2D eigenvalue weighted by Crippen LogP contribution is -2.17. The minimum atomic E-state index is -0.480. The molecule has 1 aliphatic carbocycles. The van der Waals surface area contributed by atoms with Crippen LogP contribution in [0.25, 0.3) is 17.7 Å². The number of aliphatic imine (C=N–C) groups is 1. The van der Waals surface area contributed by atoms with E-state index in [1.807, 2.05) is 60.7 Å². The van der Waals surface area contributed by atoms with Crippen molar-refractivity contribution < 1.29 is 14.6 Å². The first-order chi connectivity index (χ1) is 14.7. The van der Waals surface area contributed by atoms with Crippen LogP contribution in [-0.2, 0) is 11.2 Å². The maximum absolute atomic E-state index is 11.9. The van der Waals surface area contributed by atoms with Gasteiger partial charge in [0.2, 0.25) is 0 Å². The summed E-state index contributed by atoms with van der Waals surface area (Å²) in [6.45, 7) is 0. The molecule has 0 radical (unpaired) electrons. The maximum Gasteiger partial charge on any atom is 0.356 e. The Morgan fingerprint density at radius 1 is 1.10 bits per heavy atom. The van der Waals surface area contributed by atoms with E-state index in [1.165, 1.54) is 7.11 Å². The predicted octanol–water partition coefficient (Wildman–Crippen LogP) is 2.91. The largest absolute Gasteiger partial charge is 0.507 e. The molecular weight excluding hydrogens is 376 g/mol. The highest BCUT2D eigenvalue weighted by Crippen LogP contribution is 2.28. The number of nitrogens with zero attached hydrogens (tertiary/aromatic N) is 2. The molecule has 0 fully saturated rings. The minimum Gasteiger partial charge on any atom is -0.507 e. The third-order valence-electron chi connectivity index (χ3n) is 5.32. The highest BCUT2D eigenvalue weighted by Gasteiger charge is 2.24. The summed E-state index contributed by atoms with van der Waals surface area (Å²) >= 11 is 0. The molecule has 1 aromatic heterocycles. The molecule has 5 heteroatoms. The number of phenols is 1. The number of esters is 1. The normalized spacial score (nSPS) is 13.5. The summed E-state index contributed by atoms with van der Waals surface area (Å²) in [6.07, 6.45) is 6.21. The zero-order valence-corrected chi connectivity index (χ0v) is 16.3. The van der Waals surface area contributed by atoms with Gasteiger partial charge in [-0.1, -0.05) is 54.6 Å². The molecule has 0 bridgehead atoms. The summed E-state index contributed by atoms with van der Waals surface area (Å²) in [7, 11) is 1.34. The number of rotatable bonds is 4. The number of allylic oxidation sites excluding steroid dienone is 1. The Bertz CT molecular complexity index is 1370. The number of carbonyl (C=O) groups excluding carboxylic acids is 1. The van der Waals surface area contributed by atoms with Gasteiger partial charge in [0.15, 0.2) is 0 Å². The summed E-state index contributed by atoms with van der Waals surface area (Å²) in [4.78, 5) is 21.2. The summed E-state index contributed by atoms with van der Waals surface area (Å²) in [5.41, 5.74) is 5.14. The standard InChI is InChI=1S/C25H18N2O3/c1-30-25(29)20-12-6-10-17(26-20)14-19-22-21(13-16-9-5-11-18(16)24(22)28)27-23(19)15-7-3-2-4-8-15/h2-13,28H,14H2,1H3. The number of methoxy groups -OCH3 is 1. The number of benzene rings is 2. The molecule has 1 aliphatic heterocycles. The number of hydrogen-bond donors (Lipinski definition) is 1. The van der Waals surface area contributed by atoms with Crippen LogP contribution in [0.2, 0.25) is 0 Å². The summed E-state index contributed by atoms with van der Waals surface area (Å²) in [5.74, 6) is -0.256. The van der Waals surface area contributed by atoms with Crippen molar-refractivity contribution >= 4 is 35.1 Å². The van der Waals surface area contributed by atoms with Crippen LogP contribution in [0.4, 0.5) is 5.69 Å². The third kappa shape index (κ3) is 2.92. The van der Waals surface area contributed by atoms with Gasteiger partial charge in [-0.3, -0.25) is 0 Å². The Morgan fingerprint density at radius 2 is 1.93 bits per heavy atom. The molecule has 146 valence electrons. The lowest BCUT2D eigenvalue weighted by atomic mass is 9.96. The van der Waals surface area contributed by atoms with Crippen molar-refractivity contribution in [2.24, 2.45) is 4.99 Å². The predicted molar refractivity (Wildman–Crippen MR) is 116 cm³/mol. The molecule has 5 nitrogen and oxygen atoms in total. The average molecular weight is 394 g/mol. The quantitative estimate of drug-likeness (QED) is 0.691. The van der Waals surface area contributed by atoms with Crippen molar-refractivity contribution in [2.75, 3.05) is 7.11 Å². The Morgan fingerprint density at radius 3 is 2.73 bits per heavy atom. The van der Waals surface area contributed by atoms with Gasteiger partial charge in [0, 0.05) is 28.5 Å². The van der Waals surface area contributed by atoms with Crippen LogP contribution >= 0.6 is 0 Å². The van der Waals surface area contributed by atoms with E-state index in [2.05, 4.69) is 4.98 Å². The topological polar surface area (TPSA) is 71.8 Å². The average Bonchev–Trinajstić information content (AvgIpc) is 3.39. The fraction of sp³-hybridized carbons (Fsp3) is 0.0800. The van der Waals surface area contributed by atoms with Crippen LogP contribution in [0.15, 0.2) is 65.7 Å². The molecule has 2 heterocycles. The highest BCUT2D eigenvalue weighted by atomic mass is 16.5. The van der Waals surface area contributed by atoms with Gasteiger partial charge in [-0.2, -0.15) is 0 Å². The zero-order valence-electron chi connectivity index (χ0n) is 16.3. The maximum atomic E-state index is 11.9. The first kappa shape index (κ1) is 18.1. The van der Waals surface area contributed by atoms with Crippen LogP contribution < -0.4 is 10.4 Å². The van der Waals surface area contributed by atoms with Crippen LogP contribution in [-0.4, -0.2) is 28.9 Å². The van der Waals surface area contributed by atoms with E-state index >= 15 is 0 Å². The molecule has 0 saturated heterocycles. The summed E-state index contributed by atoms with van der Waals surface area (Å²) in [5, 5.41) is 12.7. The van der Waals surface area contributed by atoms with Crippen molar-refractivity contribution in [3.8, 4) is 5.75 Å². The molecule has 0 spiro atoms. The number of aromatic hydroxyl groups is 1. The number of aromatic nitrogens is 1. The SMILES string of the molecule is COC(=O)c1cccc(CC2=c3c(cc4c(c3O)C=CC=4)N=C2c2ccccc2)n1. The molecule has 0 unspecified atom stereocenters. The third-order valence-corrected chi connectivity index (χ3v) is 5.32. The van der Waals surface area contributed by atoms with Crippen LogP contribution in [0, 0.1) is 0 Å². The Hall–Kier alpha value is -3.99. The fourth-order valence-corrected chi connectivity index (χ4v) is 3.93. The van der Waals surface area contributed by atoms with E-state index < -0.39 is 5.97 Å². The Labute approximate surface area is 173 Å². The van der Waals surface area contributed by atoms with Gasteiger partial charge in [0.25, 0.3) is 0 Å². The number of ether oxygens (including phenoxy) is 1. The Kier molecular flexibility index (Phi) is 4.29. The van der Waals surface area contributed by atoms with E-state index in [0.29, 0.717) is 12.1 Å². The molecule has 3 aromatic rings. The minimum absolute atomic E-state index is 0.223. The molecule has 5 rings (SSSR count). The van der Waals surface area contributed by atoms with Gasteiger partial charge in [0.05, 0.1) is 18.5 Å². The number of phenolic OH excluding ortho intramolecular Hbond substituents is 1. The van der Waals surface area contributed by atoms with E-state index in [4.69, 9.17) is 9.73 Å². The Balaban J connectivity index is 1.70. The number of pyridine rings is 1. The molecule has 0 saturated carbocycles. The van der Waals surface area contributed by atoms with Crippen molar-refractivity contribution in [3.63, 3.8) is 0 Å². The van der Waals surface area contributed by atoms with Crippen molar-refractivity contribution in [1.29, 1.82) is 0 Å². The first-order valence-electron chi connectivity index (χ1n) is 9.62. The van der Waals surface area contributed by atoms with Gasteiger partial charge in [-0.05, 0) is 29.0 Å².